The Labute approximate surface area is 146 Å². The third kappa shape index (κ3) is 5.76. The molecule has 0 aliphatic rings. The van der Waals surface area contributed by atoms with E-state index in [1.165, 1.54) is 25.3 Å². The Morgan fingerprint density at radius 3 is 2.60 bits per heavy atom. The van der Waals surface area contributed by atoms with E-state index in [4.69, 9.17) is 4.74 Å². The Bertz CT molecular complexity index is 692. The van der Waals surface area contributed by atoms with Crippen molar-refractivity contribution in [1.29, 1.82) is 0 Å². The zero-order chi connectivity index (χ0) is 18.2. The molecule has 2 rings (SSSR count). The van der Waals surface area contributed by atoms with Crippen molar-refractivity contribution >= 4 is 11.7 Å². The van der Waals surface area contributed by atoms with Gasteiger partial charge in [0.25, 0.3) is 0 Å². The number of rotatable bonds is 7. The number of ether oxygens (including phenoxy) is 1. The number of aliphatic hydroxyl groups is 1. The van der Waals surface area contributed by atoms with E-state index in [-0.39, 0.29) is 11.6 Å². The summed E-state index contributed by atoms with van der Waals surface area (Å²) >= 11 is 0. The van der Waals surface area contributed by atoms with Crippen LogP contribution in [0.2, 0.25) is 0 Å². The summed E-state index contributed by atoms with van der Waals surface area (Å²) in [5, 5.41) is 14.9. The van der Waals surface area contributed by atoms with Crippen molar-refractivity contribution < 1.29 is 19.0 Å². The molecule has 0 aliphatic carbocycles. The van der Waals surface area contributed by atoms with E-state index < -0.39 is 18.0 Å². The first-order valence-electron chi connectivity index (χ1n) is 8.11. The minimum atomic E-state index is -0.542. The predicted molar refractivity (Wildman–Crippen MR) is 95.5 cm³/mol. The number of carbonyl (C=O) groups is 1. The maximum Gasteiger partial charge on any atom is 0.319 e. The number of aliphatic hydroxyl groups excluding tert-OH is 1. The van der Waals surface area contributed by atoms with Crippen LogP contribution in [0.1, 0.15) is 24.8 Å². The normalized spacial score (nSPS) is 13.0. The Balaban J connectivity index is 1.99. The van der Waals surface area contributed by atoms with Gasteiger partial charge in [0.2, 0.25) is 0 Å². The second kappa shape index (κ2) is 9.03. The third-order valence-corrected chi connectivity index (χ3v) is 3.83. The highest BCUT2D eigenvalue weighted by atomic mass is 19.1. The fourth-order valence-electron chi connectivity index (χ4n) is 2.58. The van der Waals surface area contributed by atoms with Crippen LogP contribution >= 0.6 is 0 Å². The molecule has 0 aliphatic heterocycles. The van der Waals surface area contributed by atoms with Crippen molar-refractivity contribution in [1.82, 2.24) is 5.32 Å². The number of anilines is 1. The van der Waals surface area contributed by atoms with Crippen molar-refractivity contribution in [3.05, 3.63) is 59.9 Å². The standard InChI is InChI=1S/C19H23FN2O3/c1-13(23)10-15(14-6-4-3-5-7-14)12-21-19(24)22-18-11-16(25-2)8-9-17(18)20/h3-9,11,13,15,23H,10,12H2,1-2H3,(H2,21,22,24). The largest absolute Gasteiger partial charge is 0.497 e. The van der Waals surface area contributed by atoms with Crippen LogP contribution in [0, 0.1) is 5.82 Å². The van der Waals surface area contributed by atoms with Gasteiger partial charge >= 0.3 is 6.03 Å². The highest BCUT2D eigenvalue weighted by molar-refractivity contribution is 5.89. The van der Waals surface area contributed by atoms with Crippen LogP contribution in [0.5, 0.6) is 5.75 Å². The number of amides is 2. The van der Waals surface area contributed by atoms with Crippen molar-refractivity contribution in [3.8, 4) is 5.75 Å². The fourth-order valence-corrected chi connectivity index (χ4v) is 2.58. The number of carbonyl (C=O) groups excluding carboxylic acids is 1. The van der Waals surface area contributed by atoms with Crippen molar-refractivity contribution in [2.45, 2.75) is 25.4 Å². The average molecular weight is 346 g/mol. The van der Waals surface area contributed by atoms with Gasteiger partial charge in [0.05, 0.1) is 18.9 Å². The van der Waals surface area contributed by atoms with Crippen LogP contribution in [0.25, 0.3) is 0 Å². The first-order chi connectivity index (χ1) is 12.0. The second-order valence-electron chi connectivity index (χ2n) is 5.87. The molecule has 6 heteroatoms. The van der Waals surface area contributed by atoms with Crippen molar-refractivity contribution in [2.24, 2.45) is 0 Å². The molecule has 2 aromatic rings. The number of urea groups is 1. The highest BCUT2D eigenvalue weighted by Gasteiger charge is 2.16. The Morgan fingerprint density at radius 1 is 1.24 bits per heavy atom. The van der Waals surface area contributed by atoms with Gasteiger partial charge in [-0.3, -0.25) is 0 Å². The van der Waals surface area contributed by atoms with Crippen LogP contribution in [-0.4, -0.2) is 30.9 Å². The summed E-state index contributed by atoms with van der Waals surface area (Å²) in [5.74, 6) is -0.130. The Hall–Kier alpha value is -2.60. The van der Waals surface area contributed by atoms with E-state index in [1.54, 1.807) is 6.92 Å². The van der Waals surface area contributed by atoms with Gasteiger partial charge in [0.1, 0.15) is 11.6 Å². The molecule has 0 aromatic heterocycles. The molecular weight excluding hydrogens is 323 g/mol. The number of hydrogen-bond acceptors (Lipinski definition) is 3. The molecule has 0 radical (unpaired) electrons. The summed E-state index contributed by atoms with van der Waals surface area (Å²) in [6.07, 6.45) is 0.0172. The van der Waals surface area contributed by atoms with E-state index >= 15 is 0 Å². The molecule has 2 atom stereocenters. The van der Waals surface area contributed by atoms with Crippen LogP contribution in [-0.2, 0) is 0 Å². The minimum Gasteiger partial charge on any atom is -0.497 e. The summed E-state index contributed by atoms with van der Waals surface area (Å²) in [7, 11) is 1.47. The summed E-state index contributed by atoms with van der Waals surface area (Å²) in [6.45, 7) is 2.04. The van der Waals surface area contributed by atoms with Gasteiger partial charge in [0.15, 0.2) is 0 Å². The fraction of sp³-hybridized carbons (Fsp3) is 0.316. The first-order valence-corrected chi connectivity index (χ1v) is 8.11. The summed E-state index contributed by atoms with van der Waals surface area (Å²) < 4.78 is 18.8. The SMILES string of the molecule is COc1ccc(F)c(NC(=O)NCC(CC(C)O)c2ccccc2)c1. The molecule has 25 heavy (non-hydrogen) atoms. The molecule has 3 N–H and O–H groups in total. The third-order valence-electron chi connectivity index (χ3n) is 3.83. The summed E-state index contributed by atoms with van der Waals surface area (Å²) in [5.41, 5.74) is 1.07. The van der Waals surface area contributed by atoms with Gasteiger partial charge < -0.3 is 20.5 Å². The Kier molecular flexibility index (Phi) is 6.77. The monoisotopic (exact) mass is 346 g/mol. The van der Waals surface area contributed by atoms with Gasteiger partial charge in [0, 0.05) is 18.5 Å². The van der Waals surface area contributed by atoms with Gasteiger partial charge in [-0.05, 0) is 31.0 Å². The Morgan fingerprint density at radius 2 is 1.96 bits per heavy atom. The molecular formula is C19H23FN2O3. The number of methoxy groups -OCH3 is 1. The van der Waals surface area contributed by atoms with Crippen LogP contribution < -0.4 is 15.4 Å². The molecule has 2 amide bonds. The number of benzene rings is 2. The molecule has 134 valence electrons. The lowest BCUT2D eigenvalue weighted by molar-refractivity contribution is 0.173. The lowest BCUT2D eigenvalue weighted by Crippen LogP contribution is -2.33. The molecule has 5 nitrogen and oxygen atoms in total. The van der Waals surface area contributed by atoms with E-state index in [2.05, 4.69) is 10.6 Å². The quantitative estimate of drug-likeness (QED) is 0.718. The van der Waals surface area contributed by atoms with Gasteiger partial charge in [-0.25, -0.2) is 9.18 Å². The van der Waals surface area contributed by atoms with Crippen molar-refractivity contribution in [3.63, 3.8) is 0 Å². The number of hydrogen-bond donors (Lipinski definition) is 3. The predicted octanol–water partition coefficient (Wildman–Crippen LogP) is 3.51. The van der Waals surface area contributed by atoms with Crippen molar-refractivity contribution in [2.75, 3.05) is 19.0 Å². The molecule has 0 saturated carbocycles. The van der Waals surface area contributed by atoms with Crippen LogP contribution in [0.4, 0.5) is 14.9 Å². The lowest BCUT2D eigenvalue weighted by Gasteiger charge is -2.20. The molecule has 0 bridgehead atoms. The topological polar surface area (TPSA) is 70.6 Å². The lowest BCUT2D eigenvalue weighted by atomic mass is 9.93. The molecule has 2 aromatic carbocycles. The van der Waals surface area contributed by atoms with Gasteiger partial charge in [-0.1, -0.05) is 30.3 Å². The minimum absolute atomic E-state index is 0.0397. The van der Waals surface area contributed by atoms with E-state index in [0.29, 0.717) is 18.7 Å². The summed E-state index contributed by atoms with van der Waals surface area (Å²) in [4.78, 5) is 12.1. The number of halogens is 1. The smallest absolute Gasteiger partial charge is 0.319 e. The maximum absolute atomic E-state index is 13.8. The molecule has 0 fully saturated rings. The van der Waals surface area contributed by atoms with Crippen LogP contribution in [0.15, 0.2) is 48.5 Å². The van der Waals surface area contributed by atoms with E-state index in [9.17, 15) is 14.3 Å². The second-order valence-corrected chi connectivity index (χ2v) is 5.87. The van der Waals surface area contributed by atoms with E-state index in [0.717, 1.165) is 5.56 Å². The first kappa shape index (κ1) is 18.7. The molecule has 0 saturated heterocycles. The van der Waals surface area contributed by atoms with Gasteiger partial charge in [-0.15, -0.1) is 0 Å². The van der Waals surface area contributed by atoms with E-state index in [1.807, 2.05) is 30.3 Å². The molecule has 0 heterocycles. The average Bonchev–Trinajstić information content (AvgIpc) is 2.61. The van der Waals surface area contributed by atoms with Crippen LogP contribution in [0.3, 0.4) is 0 Å². The maximum atomic E-state index is 13.8. The zero-order valence-electron chi connectivity index (χ0n) is 14.3. The molecule has 2 unspecified atom stereocenters. The highest BCUT2D eigenvalue weighted by Crippen LogP contribution is 2.22. The molecule has 0 spiro atoms. The zero-order valence-corrected chi connectivity index (χ0v) is 14.3. The number of nitrogens with one attached hydrogen (secondary N) is 2. The van der Waals surface area contributed by atoms with Gasteiger partial charge in [-0.2, -0.15) is 0 Å². The summed E-state index contributed by atoms with van der Waals surface area (Å²) in [6, 6.07) is 13.3.